The van der Waals surface area contributed by atoms with Crippen molar-refractivity contribution in [2.75, 3.05) is 12.4 Å². The first kappa shape index (κ1) is 14.8. The number of methoxy groups -OCH3 is 1. The Morgan fingerprint density at radius 2 is 1.75 bits per heavy atom. The SMILES string of the molecule is COC(=O)C1(Nc2ccccc2F)CCCCCCC1. The fourth-order valence-corrected chi connectivity index (χ4v) is 2.90. The Morgan fingerprint density at radius 3 is 2.35 bits per heavy atom. The minimum absolute atomic E-state index is 0.289. The molecule has 0 aromatic heterocycles. The van der Waals surface area contributed by atoms with Crippen LogP contribution in [0.2, 0.25) is 0 Å². The predicted molar refractivity (Wildman–Crippen MR) is 77.1 cm³/mol. The number of carbonyl (C=O) groups is 1. The zero-order valence-electron chi connectivity index (χ0n) is 12.0. The molecule has 20 heavy (non-hydrogen) atoms. The Hall–Kier alpha value is -1.58. The van der Waals surface area contributed by atoms with Gasteiger partial charge >= 0.3 is 5.97 Å². The molecule has 0 spiro atoms. The molecule has 4 heteroatoms. The van der Waals surface area contributed by atoms with Crippen LogP contribution in [0, 0.1) is 5.82 Å². The summed E-state index contributed by atoms with van der Waals surface area (Å²) in [5.74, 6) is -0.625. The molecule has 1 aromatic rings. The number of ether oxygens (including phenoxy) is 1. The minimum Gasteiger partial charge on any atom is -0.467 e. The lowest BCUT2D eigenvalue weighted by Gasteiger charge is -2.34. The summed E-state index contributed by atoms with van der Waals surface area (Å²) in [4.78, 5) is 12.3. The van der Waals surface area contributed by atoms with Crippen molar-refractivity contribution < 1.29 is 13.9 Å². The van der Waals surface area contributed by atoms with Gasteiger partial charge in [-0.3, -0.25) is 0 Å². The summed E-state index contributed by atoms with van der Waals surface area (Å²) >= 11 is 0. The standard InChI is InChI=1S/C16H22FNO2/c1-20-15(19)16(11-7-3-2-4-8-12-16)18-14-10-6-5-9-13(14)17/h5-6,9-10,18H,2-4,7-8,11-12H2,1H3. The van der Waals surface area contributed by atoms with Crippen LogP contribution >= 0.6 is 0 Å². The summed E-state index contributed by atoms with van der Waals surface area (Å²) in [5.41, 5.74) is -0.421. The van der Waals surface area contributed by atoms with Crippen LogP contribution in [-0.4, -0.2) is 18.6 Å². The Bertz CT molecular complexity index is 454. The van der Waals surface area contributed by atoms with Gasteiger partial charge in [0.1, 0.15) is 11.4 Å². The maximum Gasteiger partial charge on any atom is 0.331 e. The van der Waals surface area contributed by atoms with Crippen LogP contribution in [0.4, 0.5) is 10.1 Å². The molecule has 0 unspecified atom stereocenters. The van der Waals surface area contributed by atoms with Gasteiger partial charge in [-0.25, -0.2) is 9.18 Å². The molecule has 0 aliphatic heterocycles. The molecule has 1 saturated carbocycles. The average Bonchev–Trinajstić information content (AvgIpc) is 2.43. The molecule has 1 aliphatic carbocycles. The predicted octanol–water partition coefficient (Wildman–Crippen LogP) is 3.89. The second-order valence-electron chi connectivity index (χ2n) is 5.45. The number of halogens is 1. The number of hydrogen-bond donors (Lipinski definition) is 1. The van der Waals surface area contributed by atoms with E-state index >= 15 is 0 Å². The highest BCUT2D eigenvalue weighted by Crippen LogP contribution is 2.32. The molecule has 1 aromatic carbocycles. The Labute approximate surface area is 119 Å². The number of para-hydroxylation sites is 1. The molecule has 0 saturated heterocycles. The lowest BCUT2D eigenvalue weighted by Crippen LogP contribution is -2.47. The zero-order chi connectivity index (χ0) is 14.4. The van der Waals surface area contributed by atoms with E-state index in [0.717, 1.165) is 25.7 Å². The maximum absolute atomic E-state index is 13.8. The summed E-state index contributed by atoms with van der Waals surface area (Å²) in [5, 5.41) is 3.13. The van der Waals surface area contributed by atoms with Gasteiger partial charge in [0.2, 0.25) is 0 Å². The highest BCUT2D eigenvalue weighted by Gasteiger charge is 2.39. The second-order valence-corrected chi connectivity index (χ2v) is 5.45. The van der Waals surface area contributed by atoms with Crippen LogP contribution in [0.3, 0.4) is 0 Å². The second kappa shape index (κ2) is 6.73. The van der Waals surface area contributed by atoms with E-state index in [0.29, 0.717) is 18.5 Å². The number of anilines is 1. The molecule has 3 nitrogen and oxygen atoms in total. The normalized spacial score (nSPS) is 18.7. The van der Waals surface area contributed by atoms with Gasteiger partial charge in [0.25, 0.3) is 0 Å². The lowest BCUT2D eigenvalue weighted by atomic mass is 9.83. The molecule has 0 bridgehead atoms. The fourth-order valence-electron chi connectivity index (χ4n) is 2.90. The van der Waals surface area contributed by atoms with E-state index in [1.807, 2.05) is 0 Å². The number of carbonyl (C=O) groups excluding carboxylic acids is 1. The van der Waals surface area contributed by atoms with E-state index in [1.54, 1.807) is 18.2 Å². The van der Waals surface area contributed by atoms with Gasteiger partial charge in [0.15, 0.2) is 0 Å². The van der Waals surface area contributed by atoms with Gasteiger partial charge in [-0.15, -0.1) is 0 Å². The van der Waals surface area contributed by atoms with Crippen molar-refractivity contribution in [3.8, 4) is 0 Å². The Morgan fingerprint density at radius 1 is 1.15 bits per heavy atom. The van der Waals surface area contributed by atoms with E-state index in [-0.39, 0.29) is 11.8 Å². The van der Waals surface area contributed by atoms with Crippen LogP contribution in [0.5, 0.6) is 0 Å². The van der Waals surface area contributed by atoms with Gasteiger partial charge in [-0.2, -0.15) is 0 Å². The van der Waals surface area contributed by atoms with Crippen LogP contribution in [-0.2, 0) is 9.53 Å². The number of benzene rings is 1. The van der Waals surface area contributed by atoms with E-state index < -0.39 is 5.54 Å². The molecule has 2 rings (SSSR count). The van der Waals surface area contributed by atoms with Crippen molar-refractivity contribution in [3.05, 3.63) is 30.1 Å². The summed E-state index contributed by atoms with van der Waals surface area (Å²) < 4.78 is 18.8. The summed E-state index contributed by atoms with van der Waals surface area (Å²) in [7, 11) is 1.39. The van der Waals surface area contributed by atoms with Crippen molar-refractivity contribution in [3.63, 3.8) is 0 Å². The van der Waals surface area contributed by atoms with E-state index in [9.17, 15) is 9.18 Å². The fraction of sp³-hybridized carbons (Fsp3) is 0.562. The monoisotopic (exact) mass is 279 g/mol. The quantitative estimate of drug-likeness (QED) is 0.853. The van der Waals surface area contributed by atoms with Gasteiger partial charge in [-0.1, -0.05) is 44.2 Å². The molecule has 0 heterocycles. The van der Waals surface area contributed by atoms with Gasteiger partial charge < -0.3 is 10.1 Å². The summed E-state index contributed by atoms with van der Waals surface area (Å²) in [6, 6.07) is 6.47. The van der Waals surface area contributed by atoms with E-state index in [1.165, 1.54) is 19.6 Å². The van der Waals surface area contributed by atoms with E-state index in [2.05, 4.69) is 5.32 Å². The third-order valence-corrected chi connectivity index (χ3v) is 4.03. The highest BCUT2D eigenvalue weighted by atomic mass is 19.1. The van der Waals surface area contributed by atoms with Crippen LogP contribution < -0.4 is 5.32 Å². The van der Waals surface area contributed by atoms with Gasteiger partial charge in [0.05, 0.1) is 12.8 Å². The van der Waals surface area contributed by atoms with Crippen molar-refractivity contribution in [1.29, 1.82) is 0 Å². The van der Waals surface area contributed by atoms with Crippen LogP contribution in [0.25, 0.3) is 0 Å². The molecular formula is C16H22FNO2. The average molecular weight is 279 g/mol. The molecular weight excluding hydrogens is 257 g/mol. The minimum atomic E-state index is -0.794. The molecule has 0 amide bonds. The molecule has 1 aliphatic rings. The summed E-state index contributed by atoms with van der Waals surface area (Å²) in [6.45, 7) is 0. The summed E-state index contributed by atoms with van der Waals surface area (Å²) in [6.07, 6.45) is 6.71. The van der Waals surface area contributed by atoms with Gasteiger partial charge in [-0.05, 0) is 25.0 Å². The highest BCUT2D eigenvalue weighted by molar-refractivity contribution is 5.84. The van der Waals surface area contributed by atoms with Crippen LogP contribution in [0.1, 0.15) is 44.9 Å². The first-order valence-electron chi connectivity index (χ1n) is 7.29. The number of rotatable bonds is 3. The Balaban J connectivity index is 2.26. The smallest absolute Gasteiger partial charge is 0.331 e. The third kappa shape index (κ3) is 3.30. The van der Waals surface area contributed by atoms with Crippen molar-refractivity contribution >= 4 is 11.7 Å². The number of esters is 1. The largest absolute Gasteiger partial charge is 0.467 e. The van der Waals surface area contributed by atoms with E-state index in [4.69, 9.17) is 4.74 Å². The molecule has 0 radical (unpaired) electrons. The topological polar surface area (TPSA) is 38.3 Å². The van der Waals surface area contributed by atoms with Crippen LogP contribution in [0.15, 0.2) is 24.3 Å². The van der Waals surface area contributed by atoms with Crippen molar-refractivity contribution in [1.82, 2.24) is 0 Å². The number of hydrogen-bond acceptors (Lipinski definition) is 3. The molecule has 0 atom stereocenters. The molecule has 1 fully saturated rings. The molecule has 110 valence electrons. The maximum atomic E-state index is 13.8. The first-order valence-corrected chi connectivity index (χ1v) is 7.29. The third-order valence-electron chi connectivity index (χ3n) is 4.03. The number of nitrogens with one attached hydrogen (secondary N) is 1. The van der Waals surface area contributed by atoms with Crippen molar-refractivity contribution in [2.24, 2.45) is 0 Å². The first-order chi connectivity index (χ1) is 9.68. The van der Waals surface area contributed by atoms with Gasteiger partial charge in [0, 0.05) is 0 Å². The Kier molecular flexibility index (Phi) is 4.99. The lowest BCUT2D eigenvalue weighted by molar-refractivity contribution is -0.146. The molecule has 1 N–H and O–H groups in total. The zero-order valence-corrected chi connectivity index (χ0v) is 12.0. The van der Waals surface area contributed by atoms with Crippen molar-refractivity contribution in [2.45, 2.75) is 50.5 Å².